The second kappa shape index (κ2) is 6.83. The lowest BCUT2D eigenvalue weighted by Gasteiger charge is -2.27. The first-order chi connectivity index (χ1) is 9.67. The molecule has 0 spiro atoms. The monoisotopic (exact) mass is 295 g/mol. The van der Waals surface area contributed by atoms with E-state index in [2.05, 4.69) is 10.3 Å². The molecule has 20 heavy (non-hydrogen) atoms. The summed E-state index contributed by atoms with van der Waals surface area (Å²) in [5, 5.41) is 5.86. The Labute approximate surface area is 123 Å². The summed E-state index contributed by atoms with van der Waals surface area (Å²) < 4.78 is 0. The van der Waals surface area contributed by atoms with Crippen LogP contribution in [0.5, 0.6) is 0 Å². The molecule has 1 aliphatic heterocycles. The number of aromatic nitrogens is 1. The third-order valence-corrected chi connectivity index (χ3v) is 4.54. The molecule has 0 saturated carbocycles. The molecule has 2 amide bonds. The van der Waals surface area contributed by atoms with E-state index in [1.165, 1.54) is 0 Å². The van der Waals surface area contributed by atoms with Crippen molar-refractivity contribution < 1.29 is 9.59 Å². The SMILES string of the molecule is CCC(NC(=O)C(CC)N1CCCC1=O)c1nccs1. The Morgan fingerprint density at radius 3 is 2.80 bits per heavy atom. The molecule has 0 radical (unpaired) electrons. The number of carbonyl (C=O) groups is 2. The molecule has 110 valence electrons. The summed E-state index contributed by atoms with van der Waals surface area (Å²) in [5.41, 5.74) is 0. The zero-order valence-electron chi connectivity index (χ0n) is 12.0. The van der Waals surface area contributed by atoms with Crippen LogP contribution in [-0.2, 0) is 9.59 Å². The van der Waals surface area contributed by atoms with Gasteiger partial charge in [0.05, 0.1) is 6.04 Å². The molecule has 2 rings (SSSR count). The predicted molar refractivity (Wildman–Crippen MR) is 78.3 cm³/mol. The Morgan fingerprint density at radius 2 is 2.30 bits per heavy atom. The maximum atomic E-state index is 12.4. The molecule has 2 heterocycles. The molecule has 6 heteroatoms. The first kappa shape index (κ1) is 15.0. The van der Waals surface area contributed by atoms with Gasteiger partial charge in [-0.25, -0.2) is 4.98 Å². The number of nitrogens with zero attached hydrogens (tertiary/aromatic N) is 2. The van der Waals surface area contributed by atoms with Gasteiger partial charge in [0, 0.05) is 24.5 Å². The van der Waals surface area contributed by atoms with E-state index in [0.717, 1.165) is 17.8 Å². The zero-order valence-corrected chi connectivity index (χ0v) is 12.8. The van der Waals surface area contributed by atoms with Crippen molar-refractivity contribution in [2.75, 3.05) is 6.54 Å². The van der Waals surface area contributed by atoms with Gasteiger partial charge in [-0.2, -0.15) is 0 Å². The Morgan fingerprint density at radius 1 is 1.50 bits per heavy atom. The average molecular weight is 295 g/mol. The summed E-state index contributed by atoms with van der Waals surface area (Å²) in [7, 11) is 0. The van der Waals surface area contributed by atoms with Crippen LogP contribution in [0.15, 0.2) is 11.6 Å². The van der Waals surface area contributed by atoms with Crippen LogP contribution in [0.4, 0.5) is 0 Å². The van der Waals surface area contributed by atoms with Crippen LogP contribution in [0.1, 0.15) is 50.6 Å². The van der Waals surface area contributed by atoms with Crippen LogP contribution in [0.2, 0.25) is 0 Å². The molecule has 1 aliphatic rings. The lowest BCUT2D eigenvalue weighted by Crippen LogP contribution is -2.48. The molecule has 1 saturated heterocycles. The highest BCUT2D eigenvalue weighted by Gasteiger charge is 2.32. The van der Waals surface area contributed by atoms with E-state index in [-0.39, 0.29) is 23.9 Å². The van der Waals surface area contributed by atoms with Crippen molar-refractivity contribution in [2.45, 2.75) is 51.6 Å². The molecule has 2 atom stereocenters. The van der Waals surface area contributed by atoms with Crippen molar-refractivity contribution in [2.24, 2.45) is 0 Å². The molecule has 0 bridgehead atoms. The summed E-state index contributed by atoms with van der Waals surface area (Å²) in [6.07, 6.45) is 4.60. The van der Waals surface area contributed by atoms with E-state index in [9.17, 15) is 9.59 Å². The highest BCUT2D eigenvalue weighted by molar-refractivity contribution is 7.09. The van der Waals surface area contributed by atoms with E-state index < -0.39 is 0 Å². The number of hydrogen-bond acceptors (Lipinski definition) is 4. The molecule has 2 unspecified atom stereocenters. The molecule has 1 aromatic rings. The topological polar surface area (TPSA) is 62.3 Å². The van der Waals surface area contributed by atoms with Crippen LogP contribution >= 0.6 is 11.3 Å². The lowest BCUT2D eigenvalue weighted by atomic mass is 10.1. The van der Waals surface area contributed by atoms with Gasteiger partial charge in [-0.15, -0.1) is 11.3 Å². The maximum absolute atomic E-state index is 12.4. The number of rotatable bonds is 6. The number of thiazole rings is 1. The van der Waals surface area contributed by atoms with Gasteiger partial charge in [0.15, 0.2) is 0 Å². The van der Waals surface area contributed by atoms with Gasteiger partial charge < -0.3 is 10.2 Å². The van der Waals surface area contributed by atoms with Crippen molar-refractivity contribution in [3.05, 3.63) is 16.6 Å². The summed E-state index contributed by atoms with van der Waals surface area (Å²) in [6, 6.07) is -0.409. The van der Waals surface area contributed by atoms with Gasteiger partial charge in [0.25, 0.3) is 0 Å². The first-order valence-corrected chi connectivity index (χ1v) is 8.04. The van der Waals surface area contributed by atoms with Crippen molar-refractivity contribution in [1.29, 1.82) is 0 Å². The number of nitrogens with one attached hydrogen (secondary N) is 1. The summed E-state index contributed by atoms with van der Waals surface area (Å²) in [4.78, 5) is 30.2. The molecule has 0 aliphatic carbocycles. The third-order valence-electron chi connectivity index (χ3n) is 3.65. The summed E-state index contributed by atoms with van der Waals surface area (Å²) >= 11 is 1.54. The van der Waals surface area contributed by atoms with Crippen LogP contribution in [0.3, 0.4) is 0 Å². The fourth-order valence-corrected chi connectivity index (χ4v) is 3.33. The lowest BCUT2D eigenvalue weighted by molar-refractivity contribution is -0.137. The smallest absolute Gasteiger partial charge is 0.243 e. The van der Waals surface area contributed by atoms with Gasteiger partial charge >= 0.3 is 0 Å². The molecule has 1 fully saturated rings. The zero-order chi connectivity index (χ0) is 14.5. The van der Waals surface area contributed by atoms with E-state index in [1.807, 2.05) is 19.2 Å². The molecular weight excluding hydrogens is 274 g/mol. The number of amides is 2. The fraction of sp³-hybridized carbons (Fsp3) is 0.643. The van der Waals surface area contributed by atoms with Crippen molar-refractivity contribution in [1.82, 2.24) is 15.2 Å². The van der Waals surface area contributed by atoms with E-state index in [1.54, 1.807) is 22.4 Å². The second-order valence-corrected chi connectivity index (χ2v) is 5.88. The maximum Gasteiger partial charge on any atom is 0.243 e. The number of likely N-dealkylation sites (tertiary alicyclic amines) is 1. The Kier molecular flexibility index (Phi) is 5.11. The Bertz CT molecular complexity index is 461. The van der Waals surface area contributed by atoms with E-state index in [0.29, 0.717) is 19.4 Å². The third kappa shape index (κ3) is 3.17. The second-order valence-electron chi connectivity index (χ2n) is 4.95. The van der Waals surface area contributed by atoms with E-state index in [4.69, 9.17) is 0 Å². The summed E-state index contributed by atoms with van der Waals surface area (Å²) in [5.74, 6) is 0.0269. The largest absolute Gasteiger partial charge is 0.345 e. The van der Waals surface area contributed by atoms with Gasteiger partial charge in [-0.05, 0) is 19.3 Å². The predicted octanol–water partition coefficient (Wildman–Crippen LogP) is 2.11. The van der Waals surface area contributed by atoms with E-state index >= 15 is 0 Å². The van der Waals surface area contributed by atoms with Crippen molar-refractivity contribution in [3.63, 3.8) is 0 Å². The van der Waals surface area contributed by atoms with Crippen LogP contribution in [-0.4, -0.2) is 34.3 Å². The van der Waals surface area contributed by atoms with Gasteiger partial charge in [-0.3, -0.25) is 9.59 Å². The molecule has 1 N–H and O–H groups in total. The van der Waals surface area contributed by atoms with Gasteiger partial charge in [0.1, 0.15) is 11.0 Å². The quantitative estimate of drug-likeness (QED) is 0.874. The molecule has 0 aromatic carbocycles. The highest BCUT2D eigenvalue weighted by Crippen LogP contribution is 2.21. The number of carbonyl (C=O) groups excluding carboxylic acids is 2. The van der Waals surface area contributed by atoms with Crippen LogP contribution in [0, 0.1) is 0 Å². The molecule has 5 nitrogen and oxygen atoms in total. The Hall–Kier alpha value is -1.43. The average Bonchev–Trinajstić information content (AvgIpc) is 3.09. The fourth-order valence-electron chi connectivity index (χ4n) is 2.56. The Balaban J connectivity index is 2.03. The van der Waals surface area contributed by atoms with Gasteiger partial charge in [-0.1, -0.05) is 13.8 Å². The van der Waals surface area contributed by atoms with Gasteiger partial charge in [0.2, 0.25) is 11.8 Å². The minimum absolute atomic E-state index is 0.0609. The standard InChI is InChI=1S/C14H21N3O2S/c1-3-10(14-15-7-9-20-14)16-13(19)11(4-2)17-8-5-6-12(17)18/h7,9-11H,3-6,8H2,1-2H3,(H,16,19). The van der Waals surface area contributed by atoms with Crippen LogP contribution in [0.25, 0.3) is 0 Å². The normalized spacial score (nSPS) is 18.1. The first-order valence-electron chi connectivity index (χ1n) is 7.16. The number of hydrogen-bond donors (Lipinski definition) is 1. The molecule has 1 aromatic heterocycles. The minimum Gasteiger partial charge on any atom is -0.345 e. The van der Waals surface area contributed by atoms with Crippen LogP contribution < -0.4 is 5.32 Å². The van der Waals surface area contributed by atoms with Crippen molar-refractivity contribution in [3.8, 4) is 0 Å². The highest BCUT2D eigenvalue weighted by atomic mass is 32.1. The van der Waals surface area contributed by atoms with Crippen molar-refractivity contribution >= 4 is 23.2 Å². The molecular formula is C14H21N3O2S. The minimum atomic E-state index is -0.348. The summed E-state index contributed by atoms with van der Waals surface area (Å²) in [6.45, 7) is 4.66.